The zero-order valence-corrected chi connectivity index (χ0v) is 35.9. The van der Waals surface area contributed by atoms with Crippen molar-refractivity contribution in [2.24, 2.45) is 11.5 Å². The number of carbonyl (C=O) groups is 6. The molecule has 0 saturated carbocycles. The fraction of sp³-hybridized carbons (Fsp3) is 0.404. The van der Waals surface area contributed by atoms with Gasteiger partial charge in [0.25, 0.3) is 0 Å². The van der Waals surface area contributed by atoms with E-state index >= 15 is 0 Å². The van der Waals surface area contributed by atoms with Gasteiger partial charge >= 0.3 is 0 Å². The van der Waals surface area contributed by atoms with Crippen molar-refractivity contribution in [2.75, 3.05) is 13.1 Å². The molecule has 3 heterocycles. The lowest BCUT2D eigenvalue weighted by Crippen LogP contribution is -2.60. The predicted octanol–water partition coefficient (Wildman–Crippen LogP) is 2.19. The fourth-order valence-electron chi connectivity index (χ4n) is 8.15. The molecular formula is C47H60N10O6. The minimum absolute atomic E-state index is 0.0256. The highest BCUT2D eigenvalue weighted by Crippen LogP contribution is 2.24. The SMILES string of the molecule is Cc1[nH]c2ccccc2c1C[C@@H](NC(=O)[C@@H]1CCCCN1)C(=O)N[C@@H](C)C(=O)N[C@@H](Cc1c[nH]c2ccccc12)C(=O)N[C@H](Cc1ccccc1)C(=O)N[C@@H](CCCCN)C(N)=O. The Labute approximate surface area is 366 Å². The normalized spacial score (nSPS) is 16.3. The average Bonchev–Trinajstić information content (AvgIpc) is 3.84. The standard InChI is InChI=1S/C47H60N10O6/c1-28-34(33-17-7-9-19-36(33)52-28)26-41(57-44(60)38-21-11-13-23-50-38)45(61)53-29(2)43(59)55-40(25-31-27-51-35-18-8-6-16-32(31)35)47(63)56-39(24-30-14-4-3-5-15-30)46(62)54-37(42(49)58)20-10-12-22-48/h3-9,14-19,27,29,37-41,50-52H,10-13,20-26,48H2,1-2H3,(H2,49,58)(H,53,61)(H,54,62)(H,55,59)(H,56,63)(H,57,60)/t29-,37-,38-,39+,40-,41+/m0/s1. The van der Waals surface area contributed by atoms with Gasteiger partial charge in [-0.25, -0.2) is 0 Å². The summed E-state index contributed by atoms with van der Waals surface area (Å²) in [4.78, 5) is 89.1. The zero-order chi connectivity index (χ0) is 44.9. The van der Waals surface area contributed by atoms with Gasteiger partial charge in [0.1, 0.15) is 30.2 Å². The first-order valence-corrected chi connectivity index (χ1v) is 21.8. The number of rotatable bonds is 21. The second kappa shape index (κ2) is 22.0. The Morgan fingerprint density at radius 2 is 1.30 bits per heavy atom. The van der Waals surface area contributed by atoms with Crippen LogP contribution in [0.4, 0.5) is 0 Å². The summed E-state index contributed by atoms with van der Waals surface area (Å²) in [7, 11) is 0. The molecule has 334 valence electrons. The first-order chi connectivity index (χ1) is 30.4. The van der Waals surface area contributed by atoms with E-state index in [1.54, 1.807) is 6.20 Å². The lowest BCUT2D eigenvalue weighted by molar-refractivity contribution is -0.135. The van der Waals surface area contributed by atoms with Gasteiger partial charge in [-0.1, -0.05) is 73.2 Å². The van der Waals surface area contributed by atoms with E-state index in [4.69, 9.17) is 11.5 Å². The number of amides is 6. The highest BCUT2D eigenvalue weighted by Gasteiger charge is 2.33. The largest absolute Gasteiger partial charge is 0.368 e. The number of unbranched alkanes of at least 4 members (excludes halogenated alkanes) is 1. The van der Waals surface area contributed by atoms with E-state index in [9.17, 15) is 28.8 Å². The summed E-state index contributed by atoms with van der Waals surface area (Å²) in [5.74, 6) is -3.53. The van der Waals surface area contributed by atoms with Crippen molar-refractivity contribution in [3.63, 3.8) is 0 Å². The van der Waals surface area contributed by atoms with Crippen molar-refractivity contribution in [3.8, 4) is 0 Å². The van der Waals surface area contributed by atoms with Crippen molar-refractivity contribution < 1.29 is 28.8 Å². The molecule has 0 spiro atoms. The molecule has 0 unspecified atom stereocenters. The number of piperidine rings is 1. The van der Waals surface area contributed by atoms with Gasteiger partial charge in [-0.2, -0.15) is 0 Å². The summed E-state index contributed by atoms with van der Waals surface area (Å²) in [6.45, 7) is 4.53. The van der Waals surface area contributed by atoms with Gasteiger partial charge in [0.05, 0.1) is 6.04 Å². The van der Waals surface area contributed by atoms with Crippen molar-refractivity contribution in [2.45, 2.75) is 108 Å². The Morgan fingerprint density at radius 1 is 0.683 bits per heavy atom. The molecule has 1 fully saturated rings. The molecule has 1 saturated heterocycles. The molecule has 12 N–H and O–H groups in total. The van der Waals surface area contributed by atoms with Gasteiger partial charge in [0.15, 0.2) is 0 Å². The van der Waals surface area contributed by atoms with Crippen LogP contribution < -0.4 is 43.4 Å². The third-order valence-electron chi connectivity index (χ3n) is 11.7. The Bertz CT molecular complexity index is 2370. The van der Waals surface area contributed by atoms with Gasteiger partial charge in [-0.3, -0.25) is 28.8 Å². The molecule has 63 heavy (non-hydrogen) atoms. The summed E-state index contributed by atoms with van der Waals surface area (Å²) >= 11 is 0. The highest BCUT2D eigenvalue weighted by atomic mass is 16.2. The number of nitrogens with one attached hydrogen (secondary N) is 8. The number of aromatic nitrogens is 2. The molecule has 2 aromatic heterocycles. The number of nitrogens with two attached hydrogens (primary N) is 2. The maximum Gasteiger partial charge on any atom is 0.243 e. The van der Waals surface area contributed by atoms with Gasteiger partial charge in [-0.05, 0) is 87.9 Å². The van der Waals surface area contributed by atoms with Crippen LogP contribution in [0.25, 0.3) is 21.8 Å². The predicted molar refractivity (Wildman–Crippen MR) is 242 cm³/mol. The molecule has 5 aromatic rings. The molecule has 6 atom stereocenters. The van der Waals surface area contributed by atoms with Crippen LogP contribution in [0.2, 0.25) is 0 Å². The van der Waals surface area contributed by atoms with Gasteiger partial charge in [0.2, 0.25) is 35.4 Å². The van der Waals surface area contributed by atoms with Crippen molar-refractivity contribution >= 4 is 57.2 Å². The molecule has 0 radical (unpaired) electrons. The molecule has 1 aliphatic rings. The Kier molecular flexibility index (Phi) is 16.1. The summed E-state index contributed by atoms with van der Waals surface area (Å²) in [5, 5.41) is 19.1. The molecule has 3 aromatic carbocycles. The van der Waals surface area contributed by atoms with E-state index in [0.29, 0.717) is 32.4 Å². The molecule has 6 amide bonds. The Balaban J connectivity index is 1.23. The lowest BCUT2D eigenvalue weighted by atomic mass is 9.99. The smallest absolute Gasteiger partial charge is 0.243 e. The van der Waals surface area contributed by atoms with Crippen LogP contribution in [0.15, 0.2) is 85.1 Å². The average molecular weight is 861 g/mol. The molecule has 6 rings (SSSR count). The molecule has 16 heteroatoms. The Morgan fingerprint density at radius 3 is 2.00 bits per heavy atom. The number of hydrogen-bond acceptors (Lipinski definition) is 8. The van der Waals surface area contributed by atoms with Crippen LogP contribution in [0.5, 0.6) is 0 Å². The molecule has 16 nitrogen and oxygen atoms in total. The number of aromatic amines is 2. The van der Waals surface area contributed by atoms with Crippen LogP contribution in [-0.2, 0) is 48.0 Å². The number of benzene rings is 3. The third kappa shape index (κ3) is 12.3. The maximum atomic E-state index is 14.5. The lowest BCUT2D eigenvalue weighted by Gasteiger charge is -2.27. The number of fused-ring (bicyclic) bond motifs is 2. The second-order valence-electron chi connectivity index (χ2n) is 16.4. The van der Waals surface area contributed by atoms with Gasteiger partial charge < -0.3 is 53.3 Å². The first kappa shape index (κ1) is 46.0. The van der Waals surface area contributed by atoms with Gasteiger partial charge in [0, 0.05) is 53.0 Å². The summed E-state index contributed by atoms with van der Waals surface area (Å²) < 4.78 is 0. The minimum Gasteiger partial charge on any atom is -0.368 e. The number of carbonyl (C=O) groups excluding carboxylic acids is 6. The summed E-state index contributed by atoms with van der Waals surface area (Å²) in [5.41, 5.74) is 16.2. The van der Waals surface area contributed by atoms with Crippen molar-refractivity contribution in [1.82, 2.24) is 41.9 Å². The first-order valence-electron chi connectivity index (χ1n) is 21.8. The molecular weight excluding hydrogens is 801 g/mol. The third-order valence-corrected chi connectivity index (χ3v) is 11.7. The van der Waals surface area contributed by atoms with E-state index in [-0.39, 0.29) is 31.6 Å². The monoisotopic (exact) mass is 860 g/mol. The maximum absolute atomic E-state index is 14.5. The van der Waals surface area contributed by atoms with Crippen LogP contribution in [0, 0.1) is 6.92 Å². The van der Waals surface area contributed by atoms with Crippen LogP contribution in [-0.4, -0.2) is 94.8 Å². The zero-order valence-electron chi connectivity index (χ0n) is 35.9. The number of aryl methyl sites for hydroxylation is 1. The van der Waals surface area contributed by atoms with Crippen molar-refractivity contribution in [1.29, 1.82) is 0 Å². The second-order valence-corrected chi connectivity index (χ2v) is 16.4. The molecule has 1 aliphatic heterocycles. The number of hydrogen-bond donors (Lipinski definition) is 10. The minimum atomic E-state index is -1.22. The highest BCUT2D eigenvalue weighted by molar-refractivity contribution is 5.97. The van der Waals surface area contributed by atoms with Crippen LogP contribution >= 0.6 is 0 Å². The van der Waals surface area contributed by atoms with E-state index in [2.05, 4.69) is 41.9 Å². The number of para-hydroxylation sites is 2. The summed E-state index contributed by atoms with van der Waals surface area (Å²) in [6, 6.07) is 18.3. The summed E-state index contributed by atoms with van der Waals surface area (Å²) in [6.07, 6.45) is 5.97. The van der Waals surface area contributed by atoms with E-state index in [1.165, 1.54) is 6.92 Å². The quantitative estimate of drug-likeness (QED) is 0.0488. The molecule has 0 aliphatic carbocycles. The van der Waals surface area contributed by atoms with E-state index in [0.717, 1.165) is 57.0 Å². The fourth-order valence-corrected chi connectivity index (χ4v) is 8.15. The number of primary amides is 1. The topological polar surface area (TPSA) is 258 Å². The van der Waals surface area contributed by atoms with Gasteiger partial charge in [-0.15, -0.1) is 0 Å². The Hall–Kier alpha value is -6.52. The van der Waals surface area contributed by atoms with E-state index in [1.807, 2.05) is 85.8 Å². The van der Waals surface area contributed by atoms with Crippen LogP contribution in [0.1, 0.15) is 67.8 Å². The van der Waals surface area contributed by atoms with Crippen LogP contribution in [0.3, 0.4) is 0 Å². The number of H-pyrrole nitrogens is 2. The molecule has 0 bridgehead atoms. The van der Waals surface area contributed by atoms with Crippen molar-refractivity contribution in [3.05, 3.63) is 107 Å². The van der Waals surface area contributed by atoms with E-state index < -0.39 is 65.8 Å².